The molecule has 1 aliphatic heterocycles. The van der Waals surface area contributed by atoms with E-state index in [0.29, 0.717) is 17.0 Å². The topological polar surface area (TPSA) is 99.0 Å². The zero-order valence-corrected chi connectivity index (χ0v) is 15.7. The van der Waals surface area contributed by atoms with Crippen LogP contribution in [0, 0.1) is 16.0 Å². The van der Waals surface area contributed by atoms with Gasteiger partial charge in [-0.25, -0.2) is 4.79 Å². The number of rotatable bonds is 5. The molecule has 0 aliphatic carbocycles. The standard InChI is InChI=1S/C20H20N2O6/c1-12(2)18-19(23)21(11-13-4-6-14(7-5-13)20(24)27-3)16-10-15(22(25)26)8-9-17(16)28-18/h4-10,12,18H,11H2,1-3H3. The lowest BCUT2D eigenvalue weighted by atomic mass is 10.0. The summed E-state index contributed by atoms with van der Waals surface area (Å²) < 4.78 is 10.5. The summed E-state index contributed by atoms with van der Waals surface area (Å²) in [4.78, 5) is 36.7. The highest BCUT2D eigenvalue weighted by atomic mass is 16.6. The van der Waals surface area contributed by atoms with Crippen molar-refractivity contribution in [3.05, 3.63) is 63.7 Å². The summed E-state index contributed by atoms with van der Waals surface area (Å²) in [6, 6.07) is 10.9. The fraction of sp³-hybridized carbons (Fsp3) is 0.300. The van der Waals surface area contributed by atoms with E-state index in [1.54, 1.807) is 24.3 Å². The summed E-state index contributed by atoms with van der Waals surface area (Å²) in [5.41, 5.74) is 1.40. The van der Waals surface area contributed by atoms with E-state index in [1.165, 1.54) is 30.2 Å². The highest BCUT2D eigenvalue weighted by molar-refractivity contribution is 6.00. The van der Waals surface area contributed by atoms with Crippen molar-refractivity contribution in [3.63, 3.8) is 0 Å². The van der Waals surface area contributed by atoms with Crippen LogP contribution in [0.3, 0.4) is 0 Å². The van der Waals surface area contributed by atoms with E-state index in [1.807, 2.05) is 13.8 Å². The molecule has 1 amide bonds. The Balaban J connectivity index is 1.97. The Morgan fingerprint density at radius 3 is 2.50 bits per heavy atom. The van der Waals surface area contributed by atoms with Crippen LogP contribution in [0.4, 0.5) is 11.4 Å². The number of nitro groups is 1. The number of non-ortho nitro benzene ring substituents is 1. The smallest absolute Gasteiger partial charge is 0.337 e. The van der Waals surface area contributed by atoms with E-state index in [2.05, 4.69) is 4.74 Å². The molecule has 146 valence electrons. The molecule has 0 fully saturated rings. The van der Waals surface area contributed by atoms with Crippen LogP contribution in [-0.2, 0) is 16.1 Å². The number of anilines is 1. The van der Waals surface area contributed by atoms with Gasteiger partial charge in [-0.2, -0.15) is 0 Å². The molecular weight excluding hydrogens is 364 g/mol. The summed E-state index contributed by atoms with van der Waals surface area (Å²) in [7, 11) is 1.30. The second-order valence-electron chi connectivity index (χ2n) is 6.80. The first kappa shape index (κ1) is 19.3. The summed E-state index contributed by atoms with van der Waals surface area (Å²) in [6.45, 7) is 3.95. The average molecular weight is 384 g/mol. The van der Waals surface area contributed by atoms with Crippen LogP contribution >= 0.6 is 0 Å². The van der Waals surface area contributed by atoms with E-state index in [4.69, 9.17) is 4.74 Å². The van der Waals surface area contributed by atoms with Crippen molar-refractivity contribution in [3.8, 4) is 5.75 Å². The monoisotopic (exact) mass is 384 g/mol. The maximum Gasteiger partial charge on any atom is 0.337 e. The molecule has 0 saturated heterocycles. The molecule has 0 spiro atoms. The number of benzene rings is 2. The first-order chi connectivity index (χ1) is 13.3. The van der Waals surface area contributed by atoms with Gasteiger partial charge in [0.15, 0.2) is 6.10 Å². The lowest BCUT2D eigenvalue weighted by Crippen LogP contribution is -2.48. The van der Waals surface area contributed by atoms with E-state index in [9.17, 15) is 19.7 Å². The Kier molecular flexibility index (Phi) is 5.30. The minimum absolute atomic E-state index is 0.0694. The second-order valence-corrected chi connectivity index (χ2v) is 6.80. The lowest BCUT2D eigenvalue weighted by Gasteiger charge is -2.36. The summed E-state index contributed by atoms with van der Waals surface area (Å²) >= 11 is 0. The number of carbonyl (C=O) groups excluding carboxylic acids is 2. The fourth-order valence-electron chi connectivity index (χ4n) is 3.02. The first-order valence-corrected chi connectivity index (χ1v) is 8.75. The van der Waals surface area contributed by atoms with Crippen molar-refractivity contribution < 1.29 is 24.0 Å². The first-order valence-electron chi connectivity index (χ1n) is 8.75. The SMILES string of the molecule is COC(=O)c1ccc(CN2C(=O)C(C(C)C)Oc3ccc([N+](=O)[O-])cc32)cc1. The minimum Gasteiger partial charge on any atom is -0.478 e. The largest absolute Gasteiger partial charge is 0.478 e. The number of nitrogens with zero attached hydrogens (tertiary/aromatic N) is 2. The molecule has 0 N–H and O–H groups in total. The Bertz CT molecular complexity index is 923. The van der Waals surface area contributed by atoms with Crippen LogP contribution in [0.5, 0.6) is 5.75 Å². The quantitative estimate of drug-likeness (QED) is 0.445. The second kappa shape index (κ2) is 7.67. The van der Waals surface area contributed by atoms with Gasteiger partial charge in [-0.05, 0) is 29.7 Å². The van der Waals surface area contributed by atoms with E-state index < -0.39 is 17.0 Å². The molecule has 2 aromatic rings. The van der Waals surface area contributed by atoms with Crippen LogP contribution in [0.15, 0.2) is 42.5 Å². The van der Waals surface area contributed by atoms with Gasteiger partial charge < -0.3 is 14.4 Å². The maximum atomic E-state index is 13.0. The normalized spacial score (nSPS) is 15.8. The van der Waals surface area contributed by atoms with Crippen LogP contribution < -0.4 is 9.64 Å². The van der Waals surface area contributed by atoms with Crippen molar-refractivity contribution >= 4 is 23.3 Å². The van der Waals surface area contributed by atoms with Gasteiger partial charge in [-0.3, -0.25) is 14.9 Å². The number of hydrogen-bond acceptors (Lipinski definition) is 6. The van der Waals surface area contributed by atoms with Gasteiger partial charge in [-0.15, -0.1) is 0 Å². The molecule has 0 aromatic heterocycles. The third-order valence-electron chi connectivity index (χ3n) is 4.53. The van der Waals surface area contributed by atoms with Crippen molar-refractivity contribution in [1.82, 2.24) is 0 Å². The maximum absolute atomic E-state index is 13.0. The molecule has 28 heavy (non-hydrogen) atoms. The number of hydrogen-bond donors (Lipinski definition) is 0. The molecule has 1 heterocycles. The molecule has 8 heteroatoms. The van der Waals surface area contributed by atoms with Gasteiger partial charge in [0, 0.05) is 12.1 Å². The average Bonchev–Trinajstić information content (AvgIpc) is 2.69. The van der Waals surface area contributed by atoms with Crippen molar-refractivity contribution in [1.29, 1.82) is 0 Å². The zero-order chi connectivity index (χ0) is 20.4. The molecule has 1 unspecified atom stereocenters. The fourth-order valence-corrected chi connectivity index (χ4v) is 3.02. The molecule has 0 saturated carbocycles. The third kappa shape index (κ3) is 3.66. The molecule has 0 bridgehead atoms. The molecule has 2 aromatic carbocycles. The summed E-state index contributed by atoms with van der Waals surface area (Å²) in [6.07, 6.45) is -0.678. The number of fused-ring (bicyclic) bond motifs is 1. The van der Waals surface area contributed by atoms with Gasteiger partial charge in [0.1, 0.15) is 5.75 Å². The van der Waals surface area contributed by atoms with Gasteiger partial charge in [0.05, 0.1) is 29.8 Å². The van der Waals surface area contributed by atoms with Crippen molar-refractivity contribution in [2.75, 3.05) is 12.0 Å². The van der Waals surface area contributed by atoms with Crippen molar-refractivity contribution in [2.24, 2.45) is 5.92 Å². The highest BCUT2D eigenvalue weighted by Crippen LogP contribution is 2.39. The van der Waals surface area contributed by atoms with Crippen molar-refractivity contribution in [2.45, 2.75) is 26.5 Å². The number of amides is 1. The van der Waals surface area contributed by atoms with Crippen LogP contribution in [0.1, 0.15) is 29.8 Å². The molecular formula is C20H20N2O6. The zero-order valence-electron chi connectivity index (χ0n) is 15.7. The lowest BCUT2D eigenvalue weighted by molar-refractivity contribution is -0.384. The highest BCUT2D eigenvalue weighted by Gasteiger charge is 2.37. The summed E-state index contributed by atoms with van der Waals surface area (Å²) in [5, 5.41) is 11.2. The Morgan fingerprint density at radius 1 is 1.25 bits per heavy atom. The van der Waals surface area contributed by atoms with Gasteiger partial charge >= 0.3 is 5.97 Å². The third-order valence-corrected chi connectivity index (χ3v) is 4.53. The minimum atomic E-state index is -0.678. The molecule has 1 atom stereocenters. The van der Waals surface area contributed by atoms with Crippen LogP contribution in [0.25, 0.3) is 0 Å². The van der Waals surface area contributed by atoms with E-state index in [0.717, 1.165) is 5.56 Å². The van der Waals surface area contributed by atoms with Gasteiger partial charge in [-0.1, -0.05) is 26.0 Å². The van der Waals surface area contributed by atoms with Gasteiger partial charge in [0.2, 0.25) is 0 Å². The van der Waals surface area contributed by atoms with E-state index in [-0.39, 0.29) is 24.1 Å². The van der Waals surface area contributed by atoms with Crippen LogP contribution in [-0.4, -0.2) is 30.0 Å². The number of methoxy groups -OCH3 is 1. The number of esters is 1. The number of nitro benzene ring substituents is 1. The summed E-state index contributed by atoms with van der Waals surface area (Å²) in [5.74, 6) is -0.356. The van der Waals surface area contributed by atoms with Crippen LogP contribution in [0.2, 0.25) is 0 Å². The number of ether oxygens (including phenoxy) is 2. The molecule has 3 rings (SSSR count). The predicted molar refractivity (Wildman–Crippen MR) is 101 cm³/mol. The van der Waals surface area contributed by atoms with E-state index >= 15 is 0 Å². The Hall–Kier alpha value is -3.42. The number of carbonyl (C=O) groups is 2. The molecule has 0 radical (unpaired) electrons. The van der Waals surface area contributed by atoms with Gasteiger partial charge in [0.25, 0.3) is 11.6 Å². The Labute approximate surface area is 161 Å². The molecule has 1 aliphatic rings. The predicted octanol–water partition coefficient (Wildman–Crippen LogP) is 3.33. The molecule has 8 nitrogen and oxygen atoms in total. The Morgan fingerprint density at radius 2 is 1.93 bits per heavy atom.